The predicted octanol–water partition coefficient (Wildman–Crippen LogP) is 5.16. The number of esters is 1. The molecule has 36 heavy (non-hydrogen) atoms. The average molecular weight is 533 g/mol. The number of anilines is 1. The Morgan fingerprint density at radius 2 is 1.92 bits per heavy atom. The van der Waals surface area contributed by atoms with Crippen molar-refractivity contribution in [3.63, 3.8) is 0 Å². The molecule has 1 aromatic heterocycles. The zero-order valence-electron chi connectivity index (χ0n) is 20.5. The molecule has 10 heteroatoms. The van der Waals surface area contributed by atoms with Gasteiger partial charge in [-0.1, -0.05) is 49.7 Å². The maximum absolute atomic E-state index is 12.7. The van der Waals surface area contributed by atoms with E-state index in [0.717, 1.165) is 36.8 Å². The number of thiophene rings is 1. The number of urea groups is 1. The highest BCUT2D eigenvalue weighted by Crippen LogP contribution is 2.37. The number of benzene rings is 1. The van der Waals surface area contributed by atoms with Gasteiger partial charge in [-0.15, -0.1) is 11.3 Å². The molecule has 0 aliphatic heterocycles. The van der Waals surface area contributed by atoms with E-state index in [4.69, 9.17) is 27.8 Å². The first kappa shape index (κ1) is 27.7. The van der Waals surface area contributed by atoms with Crippen LogP contribution < -0.4 is 22.1 Å². The zero-order chi connectivity index (χ0) is 26.2. The van der Waals surface area contributed by atoms with Crippen LogP contribution in [0.25, 0.3) is 16.5 Å². The normalized spacial score (nSPS) is 14.9. The number of nitrogens with two attached hydrogens (primary N) is 2. The monoisotopic (exact) mass is 532 g/mol. The van der Waals surface area contributed by atoms with E-state index in [2.05, 4.69) is 24.5 Å². The van der Waals surface area contributed by atoms with E-state index < -0.39 is 11.9 Å². The van der Waals surface area contributed by atoms with Crippen LogP contribution in [0.4, 0.5) is 9.80 Å². The van der Waals surface area contributed by atoms with Gasteiger partial charge >= 0.3 is 12.0 Å². The van der Waals surface area contributed by atoms with Crippen molar-refractivity contribution in [3.05, 3.63) is 46.5 Å². The minimum absolute atomic E-state index is 0.0480. The molecule has 1 atom stereocenters. The van der Waals surface area contributed by atoms with E-state index in [1.54, 1.807) is 12.1 Å². The second-order valence-electron chi connectivity index (χ2n) is 9.28. The molecule has 1 aromatic carbocycles. The van der Waals surface area contributed by atoms with Gasteiger partial charge in [0, 0.05) is 16.4 Å². The Hall–Kier alpha value is -2.88. The number of hydrogen-bond donors (Lipinski definition) is 4. The van der Waals surface area contributed by atoms with Gasteiger partial charge in [-0.05, 0) is 61.3 Å². The standard InChI is InChI=1S/C26H33ClN4O4S/c1-15(2)12-21(25(33)35-18-7-3-4-8-18)30-11-5-6-16-9-10-17(13-20(16)27)22-14-19(23(28)32)24(36-22)31-26(29)34/h5-6,9-10,13-15,18,21,30H,3-4,7-8,11-12H2,1-2H3,(H2,28,32)(H3,29,31,34)/t21-/m0/s1. The zero-order valence-corrected chi connectivity index (χ0v) is 22.1. The molecule has 8 nitrogen and oxygen atoms in total. The summed E-state index contributed by atoms with van der Waals surface area (Å²) < 4.78 is 5.71. The van der Waals surface area contributed by atoms with Crippen LogP contribution >= 0.6 is 22.9 Å². The number of hydrogen-bond acceptors (Lipinski definition) is 6. The highest BCUT2D eigenvalue weighted by Gasteiger charge is 2.25. The van der Waals surface area contributed by atoms with Gasteiger partial charge in [0.2, 0.25) is 0 Å². The maximum atomic E-state index is 12.7. The number of rotatable bonds is 11. The van der Waals surface area contributed by atoms with Gasteiger partial charge in [-0.25, -0.2) is 4.79 Å². The SMILES string of the molecule is CC(C)C[C@H](NCC=Cc1ccc(-c2cc(C(N)=O)c(NC(N)=O)s2)cc1Cl)C(=O)OC1CCCC1. The molecule has 2 aromatic rings. The van der Waals surface area contributed by atoms with Gasteiger partial charge < -0.3 is 21.5 Å². The van der Waals surface area contributed by atoms with Crippen LogP contribution in [-0.4, -0.2) is 36.6 Å². The first-order valence-electron chi connectivity index (χ1n) is 12.0. The lowest BCUT2D eigenvalue weighted by Gasteiger charge is -2.21. The van der Waals surface area contributed by atoms with Crippen molar-refractivity contribution in [1.29, 1.82) is 0 Å². The Labute approximate surface area is 220 Å². The minimum Gasteiger partial charge on any atom is -0.461 e. The number of primary amides is 2. The molecule has 1 heterocycles. The highest BCUT2D eigenvalue weighted by molar-refractivity contribution is 7.20. The van der Waals surface area contributed by atoms with Crippen LogP contribution in [-0.2, 0) is 9.53 Å². The Kier molecular flexibility index (Phi) is 9.92. The number of carbonyl (C=O) groups is 3. The summed E-state index contributed by atoms with van der Waals surface area (Å²) in [6, 6.07) is 5.97. The van der Waals surface area contributed by atoms with Crippen LogP contribution in [0.3, 0.4) is 0 Å². The van der Waals surface area contributed by atoms with Gasteiger partial charge in [-0.3, -0.25) is 14.9 Å². The lowest BCUT2D eigenvalue weighted by molar-refractivity contribution is -0.151. The molecule has 3 amide bonds. The van der Waals surface area contributed by atoms with Gasteiger partial charge in [0.1, 0.15) is 17.1 Å². The summed E-state index contributed by atoms with van der Waals surface area (Å²) in [5.74, 6) is -0.485. The minimum atomic E-state index is -0.777. The Morgan fingerprint density at radius 3 is 2.53 bits per heavy atom. The summed E-state index contributed by atoms with van der Waals surface area (Å²) in [6.45, 7) is 4.66. The number of nitrogens with one attached hydrogen (secondary N) is 2. The van der Waals surface area contributed by atoms with Crippen molar-refractivity contribution in [3.8, 4) is 10.4 Å². The molecule has 3 rings (SSSR count). The smallest absolute Gasteiger partial charge is 0.323 e. The lowest BCUT2D eigenvalue weighted by atomic mass is 10.0. The van der Waals surface area contributed by atoms with Crippen LogP contribution in [0.15, 0.2) is 30.3 Å². The van der Waals surface area contributed by atoms with Crippen molar-refractivity contribution in [1.82, 2.24) is 5.32 Å². The quantitative estimate of drug-likeness (QED) is 0.296. The molecular weight excluding hydrogens is 500 g/mol. The molecule has 1 fully saturated rings. The summed E-state index contributed by atoms with van der Waals surface area (Å²) >= 11 is 7.69. The third kappa shape index (κ3) is 7.81. The van der Waals surface area contributed by atoms with Crippen molar-refractivity contribution in [2.24, 2.45) is 17.4 Å². The Balaban J connectivity index is 1.64. The van der Waals surface area contributed by atoms with Gasteiger partial charge in [0.15, 0.2) is 0 Å². The third-order valence-electron chi connectivity index (χ3n) is 5.88. The molecular formula is C26H33ClN4O4S. The van der Waals surface area contributed by atoms with Crippen molar-refractivity contribution >= 4 is 51.9 Å². The Bertz CT molecular complexity index is 1130. The molecule has 0 radical (unpaired) electrons. The van der Waals surface area contributed by atoms with Crippen LogP contribution in [0.5, 0.6) is 0 Å². The topological polar surface area (TPSA) is 137 Å². The van der Waals surface area contributed by atoms with Crippen LogP contribution in [0, 0.1) is 5.92 Å². The fourth-order valence-corrected chi connectivity index (χ4v) is 5.43. The molecule has 0 spiro atoms. The van der Waals surface area contributed by atoms with Crippen LogP contribution in [0.1, 0.15) is 61.9 Å². The average Bonchev–Trinajstić information content (AvgIpc) is 3.46. The van der Waals surface area contributed by atoms with Crippen molar-refractivity contribution in [2.75, 3.05) is 11.9 Å². The summed E-state index contributed by atoms with van der Waals surface area (Å²) in [4.78, 5) is 36.3. The molecule has 0 bridgehead atoms. The third-order valence-corrected chi connectivity index (χ3v) is 7.30. The van der Waals surface area contributed by atoms with E-state index in [1.165, 1.54) is 11.3 Å². The molecule has 0 unspecified atom stereocenters. The fraction of sp³-hybridized carbons (Fsp3) is 0.423. The number of halogens is 1. The van der Waals surface area contributed by atoms with E-state index in [1.807, 2.05) is 24.3 Å². The molecule has 0 saturated heterocycles. The van der Waals surface area contributed by atoms with Crippen molar-refractivity contribution < 1.29 is 19.1 Å². The second-order valence-corrected chi connectivity index (χ2v) is 10.7. The van der Waals surface area contributed by atoms with Crippen LogP contribution in [0.2, 0.25) is 5.02 Å². The van der Waals surface area contributed by atoms with Gasteiger partial charge in [0.25, 0.3) is 5.91 Å². The maximum Gasteiger partial charge on any atom is 0.323 e. The second kappa shape index (κ2) is 12.9. The summed E-state index contributed by atoms with van der Waals surface area (Å²) in [5.41, 5.74) is 12.4. The summed E-state index contributed by atoms with van der Waals surface area (Å²) in [7, 11) is 0. The summed E-state index contributed by atoms with van der Waals surface area (Å²) in [6.07, 6.45) is 8.69. The van der Waals surface area contributed by atoms with E-state index >= 15 is 0 Å². The number of carbonyl (C=O) groups excluding carboxylic acids is 3. The Morgan fingerprint density at radius 1 is 1.19 bits per heavy atom. The van der Waals surface area contributed by atoms with E-state index in [-0.39, 0.29) is 23.7 Å². The highest BCUT2D eigenvalue weighted by atomic mass is 35.5. The first-order chi connectivity index (χ1) is 17.1. The molecule has 1 saturated carbocycles. The fourth-order valence-electron chi connectivity index (χ4n) is 4.12. The number of ether oxygens (including phenoxy) is 1. The van der Waals surface area contributed by atoms with Gasteiger partial charge in [0.05, 0.1) is 5.56 Å². The molecule has 6 N–H and O–H groups in total. The lowest BCUT2D eigenvalue weighted by Crippen LogP contribution is -2.40. The largest absolute Gasteiger partial charge is 0.461 e. The number of amides is 3. The van der Waals surface area contributed by atoms with E-state index in [9.17, 15) is 14.4 Å². The molecule has 1 aliphatic rings. The van der Waals surface area contributed by atoms with Gasteiger partial charge in [-0.2, -0.15) is 0 Å². The molecule has 1 aliphatic carbocycles. The van der Waals surface area contributed by atoms with Crippen molar-refractivity contribution in [2.45, 2.75) is 58.1 Å². The summed E-state index contributed by atoms with van der Waals surface area (Å²) in [5, 5.41) is 6.53. The first-order valence-corrected chi connectivity index (χ1v) is 13.2. The molecule has 194 valence electrons. The van der Waals surface area contributed by atoms with E-state index in [0.29, 0.717) is 33.8 Å². The predicted molar refractivity (Wildman–Crippen MR) is 145 cm³/mol.